The van der Waals surface area contributed by atoms with Crippen molar-refractivity contribution in [2.75, 3.05) is 29.9 Å². The first-order valence-electron chi connectivity index (χ1n) is 7.27. The molecule has 0 bridgehead atoms. The maximum atomic E-state index is 11.7. The van der Waals surface area contributed by atoms with Crippen LogP contribution in [0.1, 0.15) is 33.6 Å². The van der Waals surface area contributed by atoms with Crippen molar-refractivity contribution in [1.29, 1.82) is 0 Å². The van der Waals surface area contributed by atoms with Crippen molar-refractivity contribution in [3.8, 4) is 0 Å². The molecule has 1 rings (SSSR count). The lowest BCUT2D eigenvalue weighted by atomic mass is 10.3. The Labute approximate surface area is 125 Å². The maximum Gasteiger partial charge on any atom is 0.306 e. The molecule has 0 spiro atoms. The number of nitrogens with zero attached hydrogens (tertiary/aromatic N) is 2. The van der Waals surface area contributed by atoms with Crippen LogP contribution in [0, 0.1) is 0 Å². The van der Waals surface area contributed by atoms with E-state index >= 15 is 0 Å². The lowest BCUT2D eigenvalue weighted by molar-refractivity contribution is -0.144. The van der Waals surface area contributed by atoms with Gasteiger partial charge in [-0.05, 0) is 32.9 Å². The van der Waals surface area contributed by atoms with Gasteiger partial charge in [-0.2, -0.15) is 0 Å². The Bertz CT molecular complexity index is 456. The molecule has 0 fully saturated rings. The largest absolute Gasteiger partial charge is 0.466 e. The zero-order valence-corrected chi connectivity index (χ0v) is 12.9. The molecule has 1 aromatic heterocycles. The minimum atomic E-state index is -0.359. The number of carbonyl (C=O) groups is 2. The summed E-state index contributed by atoms with van der Waals surface area (Å²) in [5.41, 5.74) is 0.625. The number of aromatic nitrogens is 1. The van der Waals surface area contributed by atoms with Crippen molar-refractivity contribution in [2.45, 2.75) is 33.6 Å². The first kappa shape index (κ1) is 16.9. The molecular weight excluding hydrogens is 270 g/mol. The zero-order valence-electron chi connectivity index (χ0n) is 12.9. The van der Waals surface area contributed by atoms with Gasteiger partial charge in [-0.3, -0.25) is 9.59 Å². The van der Waals surface area contributed by atoms with Crippen LogP contribution in [-0.4, -0.2) is 36.6 Å². The lowest BCUT2D eigenvalue weighted by Gasteiger charge is -2.19. The van der Waals surface area contributed by atoms with E-state index in [1.165, 1.54) is 0 Å². The van der Waals surface area contributed by atoms with Gasteiger partial charge in [-0.1, -0.05) is 0 Å². The lowest BCUT2D eigenvalue weighted by Crippen LogP contribution is -2.23. The molecule has 0 aliphatic carbocycles. The number of amides is 1. The highest BCUT2D eigenvalue weighted by molar-refractivity contribution is 5.92. The van der Waals surface area contributed by atoms with E-state index < -0.39 is 0 Å². The molecular formula is C15H23N3O3. The molecule has 1 amide bonds. The van der Waals surface area contributed by atoms with Gasteiger partial charge in [0.2, 0.25) is 5.91 Å². The molecule has 0 radical (unpaired) electrons. The second-order valence-electron chi connectivity index (χ2n) is 4.43. The van der Waals surface area contributed by atoms with Gasteiger partial charge < -0.3 is 15.0 Å². The third-order valence-electron chi connectivity index (χ3n) is 2.98. The Morgan fingerprint density at radius 2 is 1.90 bits per heavy atom. The fraction of sp³-hybridized carbons (Fsp3) is 0.533. The molecule has 0 aliphatic rings. The van der Waals surface area contributed by atoms with Gasteiger partial charge in [0.25, 0.3) is 0 Å². The van der Waals surface area contributed by atoms with Gasteiger partial charge in [-0.15, -0.1) is 0 Å². The predicted octanol–water partition coefficient (Wildman–Crippen LogP) is 2.21. The standard InChI is InChI=1S/C15H23N3O3/c1-4-18(5-2)13-8-7-12(11-16-13)17-14(19)9-10-15(20)21-6-3/h7-8,11H,4-6,9-10H2,1-3H3,(H,17,19). The highest BCUT2D eigenvalue weighted by atomic mass is 16.5. The average Bonchev–Trinajstić information content (AvgIpc) is 2.48. The quantitative estimate of drug-likeness (QED) is 0.744. The molecule has 0 aromatic carbocycles. The van der Waals surface area contributed by atoms with E-state index in [1.807, 2.05) is 12.1 Å². The second-order valence-corrected chi connectivity index (χ2v) is 4.43. The van der Waals surface area contributed by atoms with Crippen LogP contribution in [0.4, 0.5) is 11.5 Å². The summed E-state index contributed by atoms with van der Waals surface area (Å²) in [6.45, 7) is 7.97. The monoisotopic (exact) mass is 293 g/mol. The topological polar surface area (TPSA) is 71.5 Å². The van der Waals surface area contributed by atoms with Crippen LogP contribution in [0.5, 0.6) is 0 Å². The van der Waals surface area contributed by atoms with Gasteiger partial charge in [0.1, 0.15) is 5.82 Å². The van der Waals surface area contributed by atoms with Crippen molar-refractivity contribution in [1.82, 2.24) is 4.98 Å². The predicted molar refractivity (Wildman–Crippen MR) is 82.3 cm³/mol. The van der Waals surface area contributed by atoms with E-state index in [2.05, 4.69) is 29.0 Å². The Morgan fingerprint density at radius 3 is 2.43 bits per heavy atom. The molecule has 1 aromatic rings. The third kappa shape index (κ3) is 5.81. The number of anilines is 2. The van der Waals surface area contributed by atoms with Gasteiger partial charge >= 0.3 is 5.97 Å². The van der Waals surface area contributed by atoms with E-state index in [9.17, 15) is 9.59 Å². The van der Waals surface area contributed by atoms with Gasteiger partial charge in [-0.25, -0.2) is 4.98 Å². The average molecular weight is 293 g/mol. The minimum Gasteiger partial charge on any atom is -0.466 e. The molecule has 6 heteroatoms. The molecule has 0 saturated carbocycles. The minimum absolute atomic E-state index is 0.0879. The van der Waals surface area contributed by atoms with Crippen LogP contribution in [0.3, 0.4) is 0 Å². The number of hydrogen-bond donors (Lipinski definition) is 1. The number of hydrogen-bond acceptors (Lipinski definition) is 5. The summed E-state index contributed by atoms with van der Waals surface area (Å²) < 4.78 is 4.77. The molecule has 21 heavy (non-hydrogen) atoms. The van der Waals surface area contributed by atoms with Crippen molar-refractivity contribution in [3.05, 3.63) is 18.3 Å². The Kier molecular flexibility index (Phi) is 7.21. The van der Waals surface area contributed by atoms with E-state index in [4.69, 9.17) is 4.74 Å². The summed E-state index contributed by atoms with van der Waals surface area (Å²) in [5.74, 6) is 0.299. The number of pyridine rings is 1. The third-order valence-corrected chi connectivity index (χ3v) is 2.98. The molecule has 1 heterocycles. The highest BCUT2D eigenvalue weighted by Crippen LogP contribution is 2.14. The smallest absolute Gasteiger partial charge is 0.306 e. The summed E-state index contributed by atoms with van der Waals surface area (Å²) in [6.07, 6.45) is 1.82. The normalized spacial score (nSPS) is 10.0. The van der Waals surface area contributed by atoms with Crippen molar-refractivity contribution >= 4 is 23.4 Å². The number of nitrogens with one attached hydrogen (secondary N) is 1. The summed E-state index contributed by atoms with van der Waals surface area (Å²) in [4.78, 5) is 29.3. The van der Waals surface area contributed by atoms with E-state index in [0.717, 1.165) is 18.9 Å². The van der Waals surface area contributed by atoms with E-state index in [-0.39, 0.29) is 24.7 Å². The van der Waals surface area contributed by atoms with Crippen LogP contribution in [0.25, 0.3) is 0 Å². The van der Waals surface area contributed by atoms with E-state index in [0.29, 0.717) is 12.3 Å². The first-order chi connectivity index (χ1) is 10.1. The molecule has 0 saturated heterocycles. The van der Waals surface area contributed by atoms with Crippen LogP contribution < -0.4 is 10.2 Å². The molecule has 116 valence electrons. The number of rotatable bonds is 8. The summed E-state index contributed by atoms with van der Waals surface area (Å²) in [6, 6.07) is 3.68. The number of ether oxygens (including phenoxy) is 1. The van der Waals surface area contributed by atoms with Crippen LogP contribution in [0.2, 0.25) is 0 Å². The SMILES string of the molecule is CCOC(=O)CCC(=O)Nc1ccc(N(CC)CC)nc1. The molecule has 0 unspecified atom stereocenters. The Balaban J connectivity index is 2.48. The van der Waals surface area contributed by atoms with Gasteiger partial charge in [0.15, 0.2) is 0 Å². The summed E-state index contributed by atoms with van der Waals surface area (Å²) >= 11 is 0. The van der Waals surface area contributed by atoms with Crippen molar-refractivity contribution < 1.29 is 14.3 Å². The molecule has 0 atom stereocenters. The Morgan fingerprint density at radius 1 is 1.19 bits per heavy atom. The van der Waals surface area contributed by atoms with Crippen molar-refractivity contribution in [2.24, 2.45) is 0 Å². The molecule has 6 nitrogen and oxygen atoms in total. The van der Waals surface area contributed by atoms with Crippen LogP contribution in [-0.2, 0) is 14.3 Å². The molecule has 1 N–H and O–H groups in total. The van der Waals surface area contributed by atoms with Gasteiger partial charge in [0.05, 0.1) is 24.9 Å². The summed E-state index contributed by atoms with van der Waals surface area (Å²) in [5, 5.41) is 2.71. The number of carbonyl (C=O) groups excluding carboxylic acids is 2. The number of esters is 1. The fourth-order valence-electron chi connectivity index (χ4n) is 1.87. The van der Waals surface area contributed by atoms with Crippen molar-refractivity contribution in [3.63, 3.8) is 0 Å². The second kappa shape index (κ2) is 8.94. The van der Waals surface area contributed by atoms with Gasteiger partial charge in [0, 0.05) is 19.5 Å². The Hall–Kier alpha value is -2.11. The molecule has 0 aliphatic heterocycles. The summed E-state index contributed by atoms with van der Waals surface area (Å²) in [7, 11) is 0. The maximum absolute atomic E-state index is 11.7. The zero-order chi connectivity index (χ0) is 15.7. The first-order valence-corrected chi connectivity index (χ1v) is 7.27. The van der Waals surface area contributed by atoms with E-state index in [1.54, 1.807) is 13.1 Å². The fourth-order valence-corrected chi connectivity index (χ4v) is 1.87. The van der Waals surface area contributed by atoms with Crippen LogP contribution in [0.15, 0.2) is 18.3 Å². The highest BCUT2D eigenvalue weighted by Gasteiger charge is 2.08. The van der Waals surface area contributed by atoms with Crippen LogP contribution >= 0.6 is 0 Å².